The van der Waals surface area contributed by atoms with Crippen LogP contribution in [-0.2, 0) is 11.3 Å². The van der Waals surface area contributed by atoms with E-state index in [0.29, 0.717) is 18.1 Å². The molecule has 33 heavy (non-hydrogen) atoms. The molecular weight excluding hydrogens is 414 g/mol. The molecule has 166 valence electrons. The molecule has 1 aliphatic heterocycles. The molecule has 0 unspecified atom stereocenters. The number of nitrogens with zero attached hydrogens (tertiary/aromatic N) is 4. The summed E-state index contributed by atoms with van der Waals surface area (Å²) in [4.78, 5) is 26.2. The van der Waals surface area contributed by atoms with E-state index in [1.54, 1.807) is 4.57 Å². The van der Waals surface area contributed by atoms with Crippen LogP contribution in [0.2, 0.25) is 0 Å². The zero-order valence-corrected chi connectivity index (χ0v) is 18.5. The van der Waals surface area contributed by atoms with Crippen molar-refractivity contribution in [2.24, 2.45) is 5.92 Å². The zero-order chi connectivity index (χ0) is 22.4. The van der Waals surface area contributed by atoms with Crippen LogP contribution in [0.5, 0.6) is 0 Å². The quantitative estimate of drug-likeness (QED) is 0.448. The molecule has 0 aliphatic carbocycles. The fourth-order valence-electron chi connectivity index (χ4n) is 4.88. The van der Waals surface area contributed by atoms with Crippen LogP contribution >= 0.6 is 0 Å². The second-order valence-corrected chi connectivity index (χ2v) is 8.72. The summed E-state index contributed by atoms with van der Waals surface area (Å²) in [5.74, 6) is 0.412. The van der Waals surface area contributed by atoms with Gasteiger partial charge in [-0.2, -0.15) is 0 Å². The van der Waals surface area contributed by atoms with Crippen LogP contribution in [-0.4, -0.2) is 37.3 Å². The van der Waals surface area contributed by atoms with Crippen LogP contribution in [0.3, 0.4) is 0 Å². The normalized spacial score (nSPS) is 14.9. The predicted molar refractivity (Wildman–Crippen MR) is 129 cm³/mol. The van der Waals surface area contributed by atoms with E-state index < -0.39 is 0 Å². The number of imidazole rings is 1. The van der Waals surface area contributed by atoms with Gasteiger partial charge in [-0.25, -0.2) is 19.3 Å². The van der Waals surface area contributed by atoms with E-state index in [9.17, 15) is 4.79 Å². The van der Waals surface area contributed by atoms with Gasteiger partial charge in [-0.1, -0.05) is 18.2 Å². The number of H-pyrrole nitrogens is 1. The summed E-state index contributed by atoms with van der Waals surface area (Å²) < 4.78 is 9.15. The smallest absolute Gasteiger partial charge is 0.334 e. The van der Waals surface area contributed by atoms with Crippen molar-refractivity contribution in [3.63, 3.8) is 0 Å². The molecule has 5 heterocycles. The molecule has 4 aromatic heterocycles. The first kappa shape index (κ1) is 19.9. The summed E-state index contributed by atoms with van der Waals surface area (Å²) in [5, 5.41) is 1.09. The van der Waals surface area contributed by atoms with Gasteiger partial charge < -0.3 is 9.72 Å². The summed E-state index contributed by atoms with van der Waals surface area (Å²) in [6.07, 6.45) is 7.56. The Hall–Kier alpha value is -3.71. The van der Waals surface area contributed by atoms with Gasteiger partial charge in [0.2, 0.25) is 0 Å². The highest BCUT2D eigenvalue weighted by atomic mass is 16.5. The summed E-state index contributed by atoms with van der Waals surface area (Å²) in [5.41, 5.74) is 6.29. The van der Waals surface area contributed by atoms with Gasteiger partial charge in [0.25, 0.3) is 0 Å². The number of fused-ring (bicyclic) bond motifs is 2. The number of nitrogens with one attached hydrogen (secondary N) is 1. The first-order valence-corrected chi connectivity index (χ1v) is 11.4. The topological polar surface area (TPSA) is 77.7 Å². The van der Waals surface area contributed by atoms with Gasteiger partial charge in [-0.3, -0.25) is 4.57 Å². The number of aromatic nitrogens is 5. The maximum absolute atomic E-state index is 13.7. The molecule has 7 nitrogen and oxygen atoms in total. The van der Waals surface area contributed by atoms with E-state index >= 15 is 0 Å². The fraction of sp³-hybridized carbons (Fsp3) is 0.269. The highest BCUT2D eigenvalue weighted by Crippen LogP contribution is 2.30. The monoisotopic (exact) mass is 439 g/mol. The van der Waals surface area contributed by atoms with Crippen LogP contribution in [0.15, 0.2) is 65.8 Å². The van der Waals surface area contributed by atoms with Gasteiger partial charge in [0, 0.05) is 54.9 Å². The molecule has 1 N–H and O–H groups in total. The van der Waals surface area contributed by atoms with E-state index in [1.807, 2.05) is 59.6 Å². The van der Waals surface area contributed by atoms with Crippen molar-refractivity contribution in [2.45, 2.75) is 26.3 Å². The molecular formula is C26H25N5O2. The van der Waals surface area contributed by atoms with E-state index in [4.69, 9.17) is 9.72 Å². The lowest BCUT2D eigenvalue weighted by Crippen LogP contribution is -2.28. The number of para-hydroxylation sites is 1. The Balaban J connectivity index is 1.55. The molecule has 1 fully saturated rings. The molecule has 5 aromatic rings. The van der Waals surface area contributed by atoms with Crippen molar-refractivity contribution in [2.75, 3.05) is 13.2 Å². The van der Waals surface area contributed by atoms with E-state index in [-0.39, 0.29) is 5.69 Å². The average molecular weight is 440 g/mol. The summed E-state index contributed by atoms with van der Waals surface area (Å²) in [7, 11) is 0. The van der Waals surface area contributed by atoms with Gasteiger partial charge in [-0.05, 0) is 55.5 Å². The third-order valence-electron chi connectivity index (χ3n) is 6.74. The predicted octanol–water partition coefficient (Wildman–Crippen LogP) is 4.47. The molecule has 1 aromatic carbocycles. The van der Waals surface area contributed by atoms with E-state index in [0.717, 1.165) is 65.0 Å². The van der Waals surface area contributed by atoms with Crippen LogP contribution in [0.1, 0.15) is 18.4 Å². The molecule has 0 atom stereocenters. The summed E-state index contributed by atoms with van der Waals surface area (Å²) in [6.45, 7) is 4.27. The molecule has 0 amide bonds. The second kappa shape index (κ2) is 8.01. The van der Waals surface area contributed by atoms with Crippen LogP contribution in [0.4, 0.5) is 0 Å². The van der Waals surface area contributed by atoms with Crippen molar-refractivity contribution >= 4 is 22.2 Å². The van der Waals surface area contributed by atoms with Crippen LogP contribution in [0.25, 0.3) is 39.0 Å². The number of hydrogen-bond acceptors (Lipinski definition) is 4. The van der Waals surface area contributed by atoms with Crippen molar-refractivity contribution in [1.29, 1.82) is 0 Å². The van der Waals surface area contributed by atoms with Crippen molar-refractivity contribution in [1.82, 2.24) is 24.1 Å². The minimum Gasteiger partial charge on any atom is -0.381 e. The molecule has 7 heteroatoms. The second-order valence-electron chi connectivity index (χ2n) is 8.72. The Labute approximate surface area is 190 Å². The SMILES string of the molecule is Cc1c(-c2cnc3c(c2)n(CC2CCOCC2)c(=O)n3-c2ccccc2)cnc2[nH]ccc12. The Bertz CT molecular complexity index is 1510. The van der Waals surface area contributed by atoms with Gasteiger partial charge in [0.15, 0.2) is 5.65 Å². The third kappa shape index (κ3) is 3.36. The fourth-order valence-corrected chi connectivity index (χ4v) is 4.88. The lowest BCUT2D eigenvalue weighted by molar-refractivity contribution is 0.0613. The maximum atomic E-state index is 13.7. The lowest BCUT2D eigenvalue weighted by Gasteiger charge is -2.22. The first-order valence-electron chi connectivity index (χ1n) is 11.4. The first-order chi connectivity index (χ1) is 16.2. The number of pyridine rings is 2. The van der Waals surface area contributed by atoms with Gasteiger partial charge in [0.1, 0.15) is 5.65 Å². The molecule has 0 radical (unpaired) electrons. The molecule has 1 aliphatic rings. The number of hydrogen-bond donors (Lipinski definition) is 1. The largest absolute Gasteiger partial charge is 0.381 e. The number of aromatic amines is 1. The molecule has 0 spiro atoms. The number of benzene rings is 1. The zero-order valence-electron chi connectivity index (χ0n) is 18.5. The lowest BCUT2D eigenvalue weighted by atomic mass is 10.00. The average Bonchev–Trinajstić information content (AvgIpc) is 3.44. The Morgan fingerprint density at radius 3 is 2.73 bits per heavy atom. The van der Waals surface area contributed by atoms with E-state index in [1.165, 1.54) is 0 Å². The minimum atomic E-state index is -0.0525. The van der Waals surface area contributed by atoms with Gasteiger partial charge in [-0.15, -0.1) is 0 Å². The summed E-state index contributed by atoms with van der Waals surface area (Å²) in [6, 6.07) is 13.9. The Morgan fingerprint density at radius 2 is 1.91 bits per heavy atom. The molecule has 6 rings (SSSR count). The van der Waals surface area contributed by atoms with Crippen LogP contribution in [0, 0.1) is 12.8 Å². The number of ether oxygens (including phenoxy) is 1. The molecule has 1 saturated heterocycles. The van der Waals surface area contributed by atoms with E-state index in [2.05, 4.69) is 23.0 Å². The van der Waals surface area contributed by atoms with Crippen molar-refractivity contribution in [3.8, 4) is 16.8 Å². The third-order valence-corrected chi connectivity index (χ3v) is 6.74. The van der Waals surface area contributed by atoms with Crippen LogP contribution < -0.4 is 5.69 Å². The Morgan fingerprint density at radius 1 is 1.09 bits per heavy atom. The maximum Gasteiger partial charge on any atom is 0.334 e. The number of rotatable bonds is 4. The van der Waals surface area contributed by atoms with Crippen molar-refractivity contribution < 1.29 is 4.74 Å². The Kier molecular flexibility index (Phi) is 4.84. The van der Waals surface area contributed by atoms with Gasteiger partial charge in [0.05, 0.1) is 11.2 Å². The molecule has 0 saturated carbocycles. The summed E-state index contributed by atoms with van der Waals surface area (Å²) >= 11 is 0. The minimum absolute atomic E-state index is 0.0525. The highest BCUT2D eigenvalue weighted by Gasteiger charge is 2.22. The standard InChI is InChI=1S/C26H25N5O2/c1-17-21-7-10-27-24(21)28-15-22(17)19-13-23-25(29-14-19)31(20-5-3-2-4-6-20)26(32)30(23)16-18-8-11-33-12-9-18/h2-7,10,13-15,18H,8-9,11-12,16H2,1H3,(H,27,28). The number of aryl methyl sites for hydroxylation is 1. The van der Waals surface area contributed by atoms with Gasteiger partial charge >= 0.3 is 5.69 Å². The highest BCUT2D eigenvalue weighted by molar-refractivity contribution is 5.88. The van der Waals surface area contributed by atoms with Crippen molar-refractivity contribution in [3.05, 3.63) is 77.1 Å². The molecule has 0 bridgehead atoms.